The molecule has 3 N–H and O–H groups in total. The van der Waals surface area contributed by atoms with Crippen molar-refractivity contribution in [2.45, 2.75) is 32.6 Å². The molecule has 0 aliphatic rings. The molecule has 0 saturated carbocycles. The van der Waals surface area contributed by atoms with Crippen LogP contribution in [0.15, 0.2) is 42.5 Å². The minimum atomic E-state index is 0.740. The Kier molecular flexibility index (Phi) is 5.04. The van der Waals surface area contributed by atoms with Gasteiger partial charge in [0.1, 0.15) is 0 Å². The summed E-state index contributed by atoms with van der Waals surface area (Å²) in [6.07, 6.45) is 4.21. The van der Waals surface area contributed by atoms with Gasteiger partial charge in [0.25, 0.3) is 0 Å². The quantitative estimate of drug-likeness (QED) is 0.590. The van der Waals surface area contributed by atoms with Crippen LogP contribution >= 0.6 is 11.6 Å². The van der Waals surface area contributed by atoms with Crippen LogP contribution < -0.4 is 5.73 Å². The molecule has 0 fully saturated rings. The van der Waals surface area contributed by atoms with Gasteiger partial charge >= 0.3 is 0 Å². The molecule has 0 radical (unpaired) electrons. The zero-order chi connectivity index (χ0) is 16.2. The molecule has 0 aliphatic carbocycles. The van der Waals surface area contributed by atoms with Gasteiger partial charge in [-0.05, 0) is 55.0 Å². The van der Waals surface area contributed by atoms with Gasteiger partial charge in [0, 0.05) is 11.1 Å². The standard InChI is InChI=1S/C20H23ClN2/c1-2-14-9-11-15(12-10-14)19-16(6-3-4-13-22)17-7-5-8-18(21)20(17)23-19/h5,7-12,23H,2-4,6,13,22H2,1H3. The molecule has 3 rings (SSSR count). The number of fused-ring (bicyclic) bond motifs is 1. The molecule has 1 heterocycles. The van der Waals surface area contributed by atoms with E-state index in [1.54, 1.807) is 0 Å². The monoisotopic (exact) mass is 326 g/mol. The van der Waals surface area contributed by atoms with Crippen molar-refractivity contribution < 1.29 is 0 Å². The second-order valence-corrected chi connectivity index (χ2v) is 6.34. The lowest BCUT2D eigenvalue weighted by Gasteiger charge is -2.06. The van der Waals surface area contributed by atoms with Crippen molar-refractivity contribution in [2.24, 2.45) is 5.73 Å². The van der Waals surface area contributed by atoms with Crippen molar-refractivity contribution in [1.29, 1.82) is 0 Å². The van der Waals surface area contributed by atoms with E-state index in [-0.39, 0.29) is 0 Å². The average Bonchev–Trinajstić information content (AvgIpc) is 2.95. The zero-order valence-electron chi connectivity index (χ0n) is 13.5. The normalized spacial score (nSPS) is 11.3. The number of aromatic nitrogens is 1. The second kappa shape index (κ2) is 7.20. The molecule has 0 bridgehead atoms. The molecule has 2 aromatic carbocycles. The highest BCUT2D eigenvalue weighted by molar-refractivity contribution is 6.35. The third-order valence-electron chi connectivity index (χ3n) is 4.42. The number of aromatic amines is 1. The molecule has 0 aliphatic heterocycles. The van der Waals surface area contributed by atoms with Crippen LogP contribution in [0.1, 0.15) is 30.9 Å². The lowest BCUT2D eigenvalue weighted by Crippen LogP contribution is -1.99. The summed E-state index contributed by atoms with van der Waals surface area (Å²) in [5.41, 5.74) is 11.8. The first kappa shape index (κ1) is 16.1. The highest BCUT2D eigenvalue weighted by atomic mass is 35.5. The van der Waals surface area contributed by atoms with Gasteiger partial charge in [-0.25, -0.2) is 0 Å². The summed E-state index contributed by atoms with van der Waals surface area (Å²) >= 11 is 6.39. The lowest BCUT2D eigenvalue weighted by atomic mass is 9.99. The van der Waals surface area contributed by atoms with Crippen LogP contribution in [0.4, 0.5) is 0 Å². The summed E-state index contributed by atoms with van der Waals surface area (Å²) in [7, 11) is 0. The fourth-order valence-electron chi connectivity index (χ4n) is 3.10. The van der Waals surface area contributed by atoms with Gasteiger partial charge in [0.05, 0.1) is 10.5 Å². The van der Waals surface area contributed by atoms with Crippen LogP contribution in [0, 0.1) is 0 Å². The Morgan fingerprint density at radius 3 is 2.52 bits per heavy atom. The molecule has 2 nitrogen and oxygen atoms in total. The minimum Gasteiger partial charge on any atom is -0.353 e. The van der Waals surface area contributed by atoms with Crippen LogP contribution in [0.25, 0.3) is 22.2 Å². The predicted octanol–water partition coefficient (Wildman–Crippen LogP) is 5.33. The van der Waals surface area contributed by atoms with Gasteiger partial charge in [-0.2, -0.15) is 0 Å². The number of hydrogen-bond donors (Lipinski definition) is 2. The third kappa shape index (κ3) is 3.29. The Hall–Kier alpha value is -1.77. The highest BCUT2D eigenvalue weighted by Crippen LogP contribution is 2.34. The predicted molar refractivity (Wildman–Crippen MR) is 100 cm³/mol. The Bertz CT molecular complexity index is 787. The van der Waals surface area contributed by atoms with Crippen molar-refractivity contribution in [3.8, 4) is 11.3 Å². The Morgan fingerprint density at radius 1 is 1.04 bits per heavy atom. The molecule has 0 atom stereocenters. The smallest absolute Gasteiger partial charge is 0.0651 e. The fraction of sp³-hybridized carbons (Fsp3) is 0.300. The third-order valence-corrected chi connectivity index (χ3v) is 4.74. The van der Waals surface area contributed by atoms with E-state index in [0.29, 0.717) is 0 Å². The van der Waals surface area contributed by atoms with Gasteiger partial charge in [0.2, 0.25) is 0 Å². The zero-order valence-corrected chi connectivity index (χ0v) is 14.3. The van der Waals surface area contributed by atoms with E-state index >= 15 is 0 Å². The van der Waals surface area contributed by atoms with Crippen LogP contribution in [-0.2, 0) is 12.8 Å². The summed E-state index contributed by atoms with van der Waals surface area (Å²) < 4.78 is 0. The number of rotatable bonds is 6. The molecule has 0 unspecified atom stereocenters. The first-order chi connectivity index (χ1) is 11.2. The van der Waals surface area contributed by atoms with Crippen LogP contribution in [0.5, 0.6) is 0 Å². The number of para-hydroxylation sites is 1. The van der Waals surface area contributed by atoms with Crippen LogP contribution in [0.3, 0.4) is 0 Å². The van der Waals surface area contributed by atoms with E-state index < -0.39 is 0 Å². The number of halogens is 1. The van der Waals surface area contributed by atoms with Crippen LogP contribution in [0.2, 0.25) is 5.02 Å². The van der Waals surface area contributed by atoms with E-state index in [1.165, 1.54) is 27.8 Å². The first-order valence-electron chi connectivity index (χ1n) is 8.33. The molecule has 23 heavy (non-hydrogen) atoms. The largest absolute Gasteiger partial charge is 0.353 e. The maximum absolute atomic E-state index is 6.39. The van der Waals surface area contributed by atoms with E-state index in [9.17, 15) is 0 Å². The van der Waals surface area contributed by atoms with Gasteiger partial charge in [0.15, 0.2) is 0 Å². The molecular formula is C20H23ClN2. The van der Waals surface area contributed by atoms with Crippen LogP contribution in [-0.4, -0.2) is 11.5 Å². The summed E-state index contributed by atoms with van der Waals surface area (Å²) in [6.45, 7) is 2.92. The van der Waals surface area contributed by atoms with Gasteiger partial charge in [-0.1, -0.05) is 54.9 Å². The van der Waals surface area contributed by atoms with Gasteiger partial charge in [-0.3, -0.25) is 0 Å². The summed E-state index contributed by atoms with van der Waals surface area (Å²) in [5, 5.41) is 2.00. The van der Waals surface area contributed by atoms with Crippen molar-refractivity contribution >= 4 is 22.5 Å². The molecular weight excluding hydrogens is 304 g/mol. The van der Waals surface area contributed by atoms with Crippen molar-refractivity contribution in [3.63, 3.8) is 0 Å². The number of hydrogen-bond acceptors (Lipinski definition) is 1. The van der Waals surface area contributed by atoms with Gasteiger partial charge in [-0.15, -0.1) is 0 Å². The van der Waals surface area contributed by atoms with Crippen molar-refractivity contribution in [3.05, 3.63) is 58.6 Å². The topological polar surface area (TPSA) is 41.8 Å². The molecule has 0 spiro atoms. The number of benzene rings is 2. The average molecular weight is 327 g/mol. The SMILES string of the molecule is CCc1ccc(-c2[nH]c3c(Cl)cccc3c2CCCCN)cc1. The molecule has 3 aromatic rings. The molecule has 0 saturated heterocycles. The fourth-order valence-corrected chi connectivity index (χ4v) is 3.32. The number of aryl methyl sites for hydroxylation is 2. The second-order valence-electron chi connectivity index (χ2n) is 5.94. The molecule has 120 valence electrons. The van der Waals surface area contributed by atoms with E-state index in [2.05, 4.69) is 42.2 Å². The summed E-state index contributed by atoms with van der Waals surface area (Å²) in [5.74, 6) is 0. The number of unbranched alkanes of at least 4 members (excludes halogenated alkanes) is 1. The van der Waals surface area contributed by atoms with E-state index in [0.717, 1.165) is 42.8 Å². The Balaban J connectivity index is 2.09. The lowest BCUT2D eigenvalue weighted by molar-refractivity contribution is 0.748. The number of H-pyrrole nitrogens is 1. The maximum Gasteiger partial charge on any atom is 0.0651 e. The van der Waals surface area contributed by atoms with Crippen molar-refractivity contribution in [2.75, 3.05) is 6.54 Å². The van der Waals surface area contributed by atoms with Gasteiger partial charge < -0.3 is 10.7 Å². The Morgan fingerprint density at radius 2 is 1.83 bits per heavy atom. The highest BCUT2D eigenvalue weighted by Gasteiger charge is 2.14. The minimum absolute atomic E-state index is 0.740. The Labute approximate surface area is 142 Å². The number of nitrogens with one attached hydrogen (secondary N) is 1. The maximum atomic E-state index is 6.39. The number of nitrogens with two attached hydrogens (primary N) is 1. The summed E-state index contributed by atoms with van der Waals surface area (Å²) in [4.78, 5) is 3.55. The molecule has 0 amide bonds. The molecule has 3 heteroatoms. The molecule has 1 aromatic heterocycles. The summed E-state index contributed by atoms with van der Waals surface area (Å²) in [6, 6.07) is 14.9. The van der Waals surface area contributed by atoms with E-state index in [1.807, 2.05) is 12.1 Å². The van der Waals surface area contributed by atoms with E-state index in [4.69, 9.17) is 17.3 Å². The van der Waals surface area contributed by atoms with Crippen molar-refractivity contribution in [1.82, 2.24) is 4.98 Å². The first-order valence-corrected chi connectivity index (χ1v) is 8.70.